The number of pyridine rings is 1. The summed E-state index contributed by atoms with van der Waals surface area (Å²) in [5.74, 6) is -5.58. The predicted molar refractivity (Wildman–Crippen MR) is 237 cm³/mol. The third-order valence-electron chi connectivity index (χ3n) is 14.4. The molecule has 9 atom stereocenters. The van der Waals surface area contributed by atoms with Crippen molar-refractivity contribution >= 4 is 52.0 Å². The molecule has 14 nitrogen and oxygen atoms in total. The number of halogens is 1. The second-order valence-electron chi connectivity index (χ2n) is 19.5. The fraction of sp³-hybridized carbons (Fsp3) is 0.500. The molecule has 1 heterocycles. The Morgan fingerprint density at radius 2 is 1.68 bits per heavy atom. The molecule has 0 saturated heterocycles. The van der Waals surface area contributed by atoms with Crippen molar-refractivity contribution in [1.82, 2.24) is 10.3 Å². The average molecular weight is 896 g/mol. The van der Waals surface area contributed by atoms with Gasteiger partial charge in [0.2, 0.25) is 11.7 Å². The SMILES string of the molecule is C[C@@H]1C[C@H]2[C@@H]3CCC4=CC(=O)C=C[C@]4(C)[C@@]3(F)[C@@H](O)C[C@]2(C)[C@@]1(O)C(=O)COC(=O)CCC(=O)OCc1ccc(C(CNC(=O)OC(C)(C)C)C(=O)Nc2ccc3cnccc3c2)cc1. The summed E-state index contributed by atoms with van der Waals surface area (Å²) in [4.78, 5) is 81.8. The highest BCUT2D eigenvalue weighted by atomic mass is 19.1. The Hall–Kier alpha value is -5.80. The Morgan fingerprint density at radius 3 is 2.38 bits per heavy atom. The number of ether oxygens (including phenoxy) is 3. The van der Waals surface area contributed by atoms with Gasteiger partial charge in [0, 0.05) is 46.8 Å². The molecule has 4 aliphatic rings. The van der Waals surface area contributed by atoms with Gasteiger partial charge in [-0.1, -0.05) is 55.8 Å². The minimum atomic E-state index is -2.13. The molecular formula is C50H58FN3O11. The fourth-order valence-electron chi connectivity index (χ4n) is 11.0. The van der Waals surface area contributed by atoms with Crippen molar-refractivity contribution in [1.29, 1.82) is 0 Å². The molecule has 15 heteroatoms. The van der Waals surface area contributed by atoms with Gasteiger partial charge in [0.05, 0.1) is 24.9 Å². The van der Waals surface area contributed by atoms with Gasteiger partial charge in [0.15, 0.2) is 18.1 Å². The first kappa shape index (κ1) is 47.2. The van der Waals surface area contributed by atoms with Gasteiger partial charge in [-0.15, -0.1) is 0 Å². The zero-order valence-corrected chi connectivity index (χ0v) is 37.7. The molecule has 4 aliphatic carbocycles. The quantitative estimate of drug-likeness (QED) is 0.104. The van der Waals surface area contributed by atoms with E-state index < -0.39 is 94.3 Å². The molecule has 7 rings (SSSR count). The van der Waals surface area contributed by atoms with Gasteiger partial charge in [0.1, 0.15) is 17.8 Å². The number of aromatic nitrogens is 1. The second-order valence-corrected chi connectivity index (χ2v) is 19.5. The molecule has 2 aromatic carbocycles. The molecule has 65 heavy (non-hydrogen) atoms. The van der Waals surface area contributed by atoms with Crippen molar-refractivity contribution in [2.75, 3.05) is 18.5 Å². The largest absolute Gasteiger partial charge is 0.461 e. The third kappa shape index (κ3) is 8.96. The number of hydrogen-bond donors (Lipinski definition) is 4. The van der Waals surface area contributed by atoms with Crippen LogP contribution in [0.3, 0.4) is 0 Å². The summed E-state index contributed by atoms with van der Waals surface area (Å²) < 4.78 is 33.5. The number of aliphatic hydroxyl groups is 2. The van der Waals surface area contributed by atoms with Gasteiger partial charge in [0.25, 0.3) is 0 Å². The number of allylic oxidation sites excluding steroid dienone is 4. The highest BCUT2D eigenvalue weighted by molar-refractivity contribution is 6.01. The Labute approximate surface area is 377 Å². The van der Waals surface area contributed by atoms with Crippen LogP contribution in [0.4, 0.5) is 14.9 Å². The topological polar surface area (TPSA) is 208 Å². The lowest BCUT2D eigenvalue weighted by Crippen LogP contribution is -2.69. The molecule has 0 spiro atoms. The Morgan fingerprint density at radius 1 is 0.969 bits per heavy atom. The molecule has 3 fully saturated rings. The summed E-state index contributed by atoms with van der Waals surface area (Å²) >= 11 is 0. The zero-order chi connectivity index (χ0) is 47.1. The Kier molecular flexibility index (Phi) is 13.0. The van der Waals surface area contributed by atoms with Crippen molar-refractivity contribution in [3.8, 4) is 0 Å². The van der Waals surface area contributed by atoms with Crippen LogP contribution in [0.2, 0.25) is 0 Å². The normalized spacial score (nSPS) is 29.6. The number of nitrogens with one attached hydrogen (secondary N) is 2. The van der Waals surface area contributed by atoms with Gasteiger partial charge in [-0.05, 0) is 112 Å². The number of anilines is 1. The van der Waals surface area contributed by atoms with Gasteiger partial charge in [-0.2, -0.15) is 0 Å². The van der Waals surface area contributed by atoms with Crippen molar-refractivity contribution in [3.05, 3.63) is 95.9 Å². The van der Waals surface area contributed by atoms with Crippen LogP contribution in [-0.2, 0) is 44.8 Å². The highest BCUT2D eigenvalue weighted by Crippen LogP contribution is 2.70. The van der Waals surface area contributed by atoms with Crippen LogP contribution in [0.15, 0.2) is 84.7 Å². The lowest BCUT2D eigenvalue weighted by molar-refractivity contribution is -0.220. The number of benzene rings is 2. The van der Waals surface area contributed by atoms with E-state index >= 15 is 4.39 Å². The van der Waals surface area contributed by atoms with Crippen LogP contribution in [0.1, 0.15) is 97.1 Å². The molecule has 0 aliphatic heterocycles. The number of alkyl carbamates (subject to hydrolysis) is 1. The van der Waals surface area contributed by atoms with E-state index in [-0.39, 0.29) is 37.7 Å². The number of alkyl halides is 1. The molecule has 2 amide bonds. The van der Waals surface area contributed by atoms with E-state index in [4.69, 9.17) is 14.2 Å². The fourth-order valence-corrected chi connectivity index (χ4v) is 11.0. The number of esters is 2. The number of carbonyl (C=O) groups excluding carboxylic acids is 6. The summed E-state index contributed by atoms with van der Waals surface area (Å²) in [5.41, 5.74) is -5.00. The van der Waals surface area contributed by atoms with Gasteiger partial charge < -0.3 is 35.1 Å². The standard InChI is InChI=1S/C50H58FN3O11/c1-29-21-39-38-14-12-34-23-36(55)17-19-47(34,5)49(38,51)40(56)24-48(39,6)50(29,62)41(57)28-64-43(59)16-15-42(58)63-27-30-7-9-31(10-8-30)37(26-53-45(61)65-46(2,3)4)44(60)54-35-13-11-33-25-52-20-18-32(33)22-35/h7-11,13,17-20,22-23,25,29,37-40,56,62H,12,14-16,21,24,26-28H2,1-6H3,(H,53,61)(H,54,60)/t29-,37?,38+,39+,40+,47+,48+,49+,50+/m1/s1. The summed E-state index contributed by atoms with van der Waals surface area (Å²) in [6.45, 7) is 9.32. The first-order chi connectivity index (χ1) is 30.6. The van der Waals surface area contributed by atoms with Crippen LogP contribution < -0.4 is 10.6 Å². The number of rotatable bonds is 13. The van der Waals surface area contributed by atoms with Crippen molar-refractivity contribution in [3.63, 3.8) is 0 Å². The molecule has 1 unspecified atom stereocenters. The molecule has 0 radical (unpaired) electrons. The average Bonchev–Trinajstić information content (AvgIpc) is 3.45. The van der Waals surface area contributed by atoms with Gasteiger partial charge in [-0.25, -0.2) is 9.18 Å². The minimum Gasteiger partial charge on any atom is -0.461 e. The van der Waals surface area contributed by atoms with E-state index in [1.54, 1.807) is 90.3 Å². The molecule has 346 valence electrons. The number of hydrogen-bond acceptors (Lipinski definition) is 12. The van der Waals surface area contributed by atoms with Crippen molar-refractivity contribution < 1.29 is 57.6 Å². The molecule has 4 N–H and O–H groups in total. The number of aliphatic hydroxyl groups excluding tert-OH is 1. The van der Waals surface area contributed by atoms with E-state index in [0.717, 1.165) is 10.8 Å². The molecule has 3 aromatic rings. The molecule has 0 bridgehead atoms. The first-order valence-corrected chi connectivity index (χ1v) is 22.2. The first-order valence-electron chi connectivity index (χ1n) is 22.2. The lowest BCUT2D eigenvalue weighted by Gasteiger charge is -2.62. The zero-order valence-electron chi connectivity index (χ0n) is 37.7. The van der Waals surface area contributed by atoms with E-state index in [1.807, 2.05) is 18.2 Å². The minimum absolute atomic E-state index is 0.0726. The van der Waals surface area contributed by atoms with Crippen molar-refractivity contribution in [2.45, 2.75) is 116 Å². The molecular weight excluding hydrogens is 838 g/mol. The van der Waals surface area contributed by atoms with Crippen molar-refractivity contribution in [2.24, 2.45) is 28.6 Å². The van der Waals surface area contributed by atoms with E-state index in [2.05, 4.69) is 15.6 Å². The Balaban J connectivity index is 0.915. The van der Waals surface area contributed by atoms with Crippen LogP contribution in [0.25, 0.3) is 10.8 Å². The monoisotopic (exact) mass is 895 g/mol. The maximum atomic E-state index is 17.5. The smallest absolute Gasteiger partial charge is 0.407 e. The third-order valence-corrected chi connectivity index (χ3v) is 14.4. The maximum absolute atomic E-state index is 17.5. The van der Waals surface area contributed by atoms with Crippen LogP contribution >= 0.6 is 0 Å². The van der Waals surface area contributed by atoms with Gasteiger partial charge in [-0.3, -0.25) is 29.0 Å². The molecule has 3 saturated carbocycles. The number of nitrogens with zero attached hydrogens (tertiary/aromatic N) is 1. The number of Topliss-reactive ketones (excluding diaryl/α,β-unsaturated/α-hetero) is 1. The predicted octanol–water partition coefficient (Wildman–Crippen LogP) is 6.77. The number of fused-ring (bicyclic) bond motifs is 6. The summed E-state index contributed by atoms with van der Waals surface area (Å²) in [5, 5.41) is 31.2. The van der Waals surface area contributed by atoms with Crippen LogP contribution in [-0.4, -0.2) is 86.8 Å². The number of amides is 2. The van der Waals surface area contributed by atoms with Crippen LogP contribution in [0, 0.1) is 28.6 Å². The number of ketones is 2. The van der Waals surface area contributed by atoms with Gasteiger partial charge >= 0.3 is 18.0 Å². The van der Waals surface area contributed by atoms with Crippen LogP contribution in [0.5, 0.6) is 0 Å². The van der Waals surface area contributed by atoms with E-state index in [0.29, 0.717) is 41.6 Å². The van der Waals surface area contributed by atoms with E-state index in [1.165, 1.54) is 12.2 Å². The summed E-state index contributed by atoms with van der Waals surface area (Å²) in [6.07, 6.45) is 5.62. The van der Waals surface area contributed by atoms with E-state index in [9.17, 15) is 39.0 Å². The second kappa shape index (κ2) is 17.9. The summed E-state index contributed by atoms with van der Waals surface area (Å²) in [7, 11) is 0. The highest BCUT2D eigenvalue weighted by Gasteiger charge is 2.75. The number of carbonyl (C=O) groups is 6. The molecule has 1 aromatic heterocycles. The Bertz CT molecular complexity index is 2450. The lowest BCUT2D eigenvalue weighted by atomic mass is 9.44. The summed E-state index contributed by atoms with van der Waals surface area (Å²) in [6, 6.07) is 14.0. The maximum Gasteiger partial charge on any atom is 0.407 e.